The summed E-state index contributed by atoms with van der Waals surface area (Å²) in [4.78, 5) is 12.6. The normalized spacial score (nSPS) is 10.6. The van der Waals surface area contributed by atoms with Crippen molar-refractivity contribution < 1.29 is 14.6 Å². The predicted molar refractivity (Wildman–Crippen MR) is 102 cm³/mol. The van der Waals surface area contributed by atoms with Gasteiger partial charge in [-0.3, -0.25) is 4.79 Å². The number of fused-ring (bicyclic) bond motifs is 1. The van der Waals surface area contributed by atoms with Crippen LogP contribution in [-0.4, -0.2) is 18.1 Å². The van der Waals surface area contributed by atoms with Gasteiger partial charge in [0.1, 0.15) is 11.5 Å². The van der Waals surface area contributed by atoms with Crippen LogP contribution in [-0.2, 0) is 0 Å². The molecule has 0 radical (unpaired) electrons. The first-order valence-electron chi connectivity index (χ1n) is 7.06. The fourth-order valence-electron chi connectivity index (χ4n) is 2.42. The molecule has 0 aliphatic heterocycles. The summed E-state index contributed by atoms with van der Waals surface area (Å²) in [6, 6.07) is 14.0. The molecule has 3 aromatic carbocycles. The van der Waals surface area contributed by atoms with Crippen LogP contribution in [0.2, 0.25) is 0 Å². The van der Waals surface area contributed by atoms with Crippen LogP contribution in [0.5, 0.6) is 11.5 Å². The molecule has 0 aromatic heterocycles. The van der Waals surface area contributed by atoms with Gasteiger partial charge in [-0.05, 0) is 63.8 Å². The Morgan fingerprint density at radius 2 is 1.92 bits per heavy atom. The zero-order valence-corrected chi connectivity index (χ0v) is 15.8. The Morgan fingerprint density at radius 3 is 2.67 bits per heavy atom. The maximum atomic E-state index is 12.6. The minimum absolute atomic E-state index is 0.109. The van der Waals surface area contributed by atoms with Crippen molar-refractivity contribution in [3.05, 3.63) is 63.0 Å². The zero-order valence-electron chi connectivity index (χ0n) is 12.6. The van der Waals surface area contributed by atoms with Gasteiger partial charge in [-0.2, -0.15) is 0 Å². The number of phenolic OH excluding ortho intramolecular Hbond substituents is 1. The largest absolute Gasteiger partial charge is 0.507 e. The van der Waals surface area contributed by atoms with Gasteiger partial charge < -0.3 is 15.2 Å². The van der Waals surface area contributed by atoms with Crippen LogP contribution < -0.4 is 10.1 Å². The SMILES string of the molecule is COc1cccc(C(=O)Nc2ccc(Br)c3ccc(O)c(Br)c23)c1. The van der Waals surface area contributed by atoms with E-state index in [1.165, 1.54) is 0 Å². The van der Waals surface area contributed by atoms with Gasteiger partial charge in [-0.15, -0.1) is 0 Å². The van der Waals surface area contributed by atoms with Gasteiger partial charge in [0.2, 0.25) is 0 Å². The standard InChI is InChI=1S/C18H13Br2NO3/c1-24-11-4-2-3-10(9-11)18(23)21-14-7-6-13(19)12-5-8-15(22)17(20)16(12)14/h2-9,22H,1H3,(H,21,23). The minimum atomic E-state index is -0.257. The van der Waals surface area contributed by atoms with Crippen molar-refractivity contribution in [1.82, 2.24) is 0 Å². The fourth-order valence-corrected chi connectivity index (χ4v) is 3.44. The Hall–Kier alpha value is -2.05. The zero-order chi connectivity index (χ0) is 17.3. The highest BCUT2D eigenvalue weighted by atomic mass is 79.9. The first-order chi connectivity index (χ1) is 11.5. The number of nitrogens with one attached hydrogen (secondary N) is 1. The number of anilines is 1. The lowest BCUT2D eigenvalue weighted by Gasteiger charge is -2.13. The molecule has 122 valence electrons. The summed E-state index contributed by atoms with van der Waals surface area (Å²) in [5, 5.41) is 14.5. The second-order valence-electron chi connectivity index (χ2n) is 5.10. The van der Waals surface area contributed by atoms with Crippen molar-refractivity contribution >= 4 is 54.2 Å². The number of methoxy groups -OCH3 is 1. The van der Waals surface area contributed by atoms with Crippen molar-refractivity contribution in [3.63, 3.8) is 0 Å². The lowest BCUT2D eigenvalue weighted by molar-refractivity contribution is 0.102. The molecule has 0 atom stereocenters. The first kappa shape index (κ1) is 16.8. The van der Waals surface area contributed by atoms with E-state index in [4.69, 9.17) is 4.74 Å². The van der Waals surface area contributed by atoms with E-state index in [0.717, 1.165) is 15.2 Å². The lowest BCUT2D eigenvalue weighted by Crippen LogP contribution is -2.12. The number of ether oxygens (including phenoxy) is 1. The number of carbonyl (C=O) groups is 1. The summed E-state index contributed by atoms with van der Waals surface area (Å²) in [6.07, 6.45) is 0. The molecule has 3 aromatic rings. The smallest absolute Gasteiger partial charge is 0.255 e. The van der Waals surface area contributed by atoms with E-state index in [2.05, 4.69) is 37.2 Å². The monoisotopic (exact) mass is 449 g/mol. The Balaban J connectivity index is 2.05. The molecule has 0 aliphatic rings. The number of amides is 1. The number of phenols is 1. The van der Waals surface area contributed by atoms with Crippen LogP contribution in [0.4, 0.5) is 5.69 Å². The van der Waals surface area contributed by atoms with Crippen LogP contribution in [0.3, 0.4) is 0 Å². The van der Waals surface area contributed by atoms with Crippen molar-refractivity contribution in [2.75, 3.05) is 12.4 Å². The number of aromatic hydroxyl groups is 1. The molecule has 0 unspecified atom stereocenters. The number of halogens is 2. The number of hydrogen-bond acceptors (Lipinski definition) is 3. The molecule has 0 saturated heterocycles. The molecule has 24 heavy (non-hydrogen) atoms. The summed E-state index contributed by atoms with van der Waals surface area (Å²) in [6.45, 7) is 0. The van der Waals surface area contributed by atoms with E-state index in [0.29, 0.717) is 21.5 Å². The Kier molecular flexibility index (Phi) is 4.78. The van der Waals surface area contributed by atoms with Crippen LogP contribution in [0, 0.1) is 0 Å². The van der Waals surface area contributed by atoms with Crippen molar-refractivity contribution in [2.24, 2.45) is 0 Å². The molecule has 0 saturated carbocycles. The summed E-state index contributed by atoms with van der Waals surface area (Å²) in [5.41, 5.74) is 1.09. The molecule has 0 heterocycles. The lowest BCUT2D eigenvalue weighted by atomic mass is 10.1. The van der Waals surface area contributed by atoms with Gasteiger partial charge in [0.25, 0.3) is 5.91 Å². The van der Waals surface area contributed by atoms with E-state index in [9.17, 15) is 9.90 Å². The van der Waals surface area contributed by atoms with Gasteiger partial charge >= 0.3 is 0 Å². The quantitative estimate of drug-likeness (QED) is 0.566. The van der Waals surface area contributed by atoms with Gasteiger partial charge in [0, 0.05) is 15.4 Å². The predicted octanol–water partition coefficient (Wildman–Crippen LogP) is 5.33. The molecule has 1 amide bonds. The Bertz CT molecular complexity index is 941. The van der Waals surface area contributed by atoms with Crippen LogP contribution in [0.25, 0.3) is 10.8 Å². The highest BCUT2D eigenvalue weighted by molar-refractivity contribution is 9.11. The molecular weight excluding hydrogens is 438 g/mol. The molecular formula is C18H13Br2NO3. The molecule has 4 nitrogen and oxygen atoms in total. The molecule has 2 N–H and O–H groups in total. The molecule has 0 fully saturated rings. The Labute approximate surface area is 155 Å². The average Bonchev–Trinajstić information content (AvgIpc) is 2.60. The van der Waals surface area contributed by atoms with Crippen LogP contribution >= 0.6 is 31.9 Å². The van der Waals surface area contributed by atoms with E-state index in [-0.39, 0.29) is 11.7 Å². The van der Waals surface area contributed by atoms with Crippen LogP contribution in [0.15, 0.2) is 57.5 Å². The molecule has 0 spiro atoms. The number of hydrogen-bond donors (Lipinski definition) is 2. The van der Waals surface area contributed by atoms with Gasteiger partial charge in [0.05, 0.1) is 17.3 Å². The maximum absolute atomic E-state index is 12.6. The number of carbonyl (C=O) groups excluding carboxylic acids is 1. The highest BCUT2D eigenvalue weighted by Crippen LogP contribution is 2.40. The molecule has 3 rings (SSSR count). The Morgan fingerprint density at radius 1 is 1.12 bits per heavy atom. The van der Waals surface area contributed by atoms with Crippen molar-refractivity contribution in [2.45, 2.75) is 0 Å². The third-order valence-corrected chi connectivity index (χ3v) is 5.12. The van der Waals surface area contributed by atoms with Crippen molar-refractivity contribution in [3.8, 4) is 11.5 Å². The van der Waals surface area contributed by atoms with E-state index in [1.807, 2.05) is 6.07 Å². The third-order valence-electron chi connectivity index (χ3n) is 3.62. The van der Waals surface area contributed by atoms with Crippen LogP contribution in [0.1, 0.15) is 10.4 Å². The number of benzene rings is 3. The summed E-state index contributed by atoms with van der Waals surface area (Å²) in [7, 11) is 1.55. The van der Waals surface area contributed by atoms with Crippen molar-refractivity contribution in [1.29, 1.82) is 0 Å². The average molecular weight is 451 g/mol. The van der Waals surface area contributed by atoms with Gasteiger partial charge in [0.15, 0.2) is 0 Å². The second kappa shape index (κ2) is 6.83. The first-order valence-corrected chi connectivity index (χ1v) is 8.65. The van der Waals surface area contributed by atoms with Gasteiger partial charge in [-0.1, -0.05) is 22.0 Å². The molecule has 6 heteroatoms. The second-order valence-corrected chi connectivity index (χ2v) is 6.75. The van der Waals surface area contributed by atoms with E-state index < -0.39 is 0 Å². The topological polar surface area (TPSA) is 58.6 Å². The molecule has 0 aliphatic carbocycles. The van der Waals surface area contributed by atoms with E-state index >= 15 is 0 Å². The highest BCUT2D eigenvalue weighted by Gasteiger charge is 2.14. The fraction of sp³-hybridized carbons (Fsp3) is 0.0556. The maximum Gasteiger partial charge on any atom is 0.255 e. The summed E-state index contributed by atoms with van der Waals surface area (Å²) in [5.74, 6) is 0.465. The third kappa shape index (κ3) is 3.12. The van der Waals surface area contributed by atoms with E-state index in [1.54, 1.807) is 49.6 Å². The summed E-state index contributed by atoms with van der Waals surface area (Å²) < 4.78 is 6.55. The molecule has 0 bridgehead atoms. The van der Waals surface area contributed by atoms with Gasteiger partial charge in [-0.25, -0.2) is 0 Å². The minimum Gasteiger partial charge on any atom is -0.507 e. The summed E-state index contributed by atoms with van der Waals surface area (Å²) >= 11 is 6.88. The number of rotatable bonds is 3.